The van der Waals surface area contributed by atoms with Crippen LogP contribution in [0.4, 0.5) is 11.4 Å². The predicted octanol–water partition coefficient (Wildman–Crippen LogP) is 14.3. The number of rotatable bonds is 5. The maximum Gasteiger partial charge on any atom is 0.0867 e. The number of aromatic nitrogens is 1. The summed E-state index contributed by atoms with van der Waals surface area (Å²) in [4.78, 5) is 10.1. The molecule has 0 spiro atoms. The van der Waals surface area contributed by atoms with Crippen molar-refractivity contribution in [3.05, 3.63) is 182 Å². The van der Waals surface area contributed by atoms with E-state index in [0.29, 0.717) is 0 Å². The lowest BCUT2D eigenvalue weighted by Gasteiger charge is -2.19. The highest BCUT2D eigenvalue weighted by Crippen LogP contribution is 2.43. The molecule has 1 aliphatic rings. The molecule has 0 amide bonds. The van der Waals surface area contributed by atoms with Gasteiger partial charge in [0, 0.05) is 40.0 Å². The number of nitrogens with zero attached hydrogens (tertiary/aromatic N) is 2. The molecule has 10 aromatic rings. The van der Waals surface area contributed by atoms with Crippen LogP contribution in [0.5, 0.6) is 0 Å². The Balaban J connectivity index is 0.970. The Hall–Kier alpha value is -7.36. The fourth-order valence-electron chi connectivity index (χ4n) is 8.85. The summed E-state index contributed by atoms with van der Waals surface area (Å²) < 4.78 is 0. The molecule has 0 bridgehead atoms. The summed E-state index contributed by atoms with van der Waals surface area (Å²) in [6, 6.07) is 57.5. The Bertz CT molecular complexity index is 3320. The zero-order valence-corrected chi connectivity index (χ0v) is 30.6. The van der Waals surface area contributed by atoms with Crippen molar-refractivity contribution in [2.75, 3.05) is 11.9 Å². The molecule has 262 valence electrons. The van der Waals surface area contributed by atoms with E-state index < -0.39 is 0 Å². The second-order valence-corrected chi connectivity index (χ2v) is 14.6. The van der Waals surface area contributed by atoms with Gasteiger partial charge in [-0.1, -0.05) is 164 Å². The molecular weight excluding hydrogens is 679 g/mol. The van der Waals surface area contributed by atoms with Crippen LogP contribution in [0.1, 0.15) is 5.56 Å². The van der Waals surface area contributed by atoms with Crippen LogP contribution in [-0.4, -0.2) is 17.7 Å². The Labute approximate surface area is 324 Å². The van der Waals surface area contributed by atoms with E-state index in [-0.39, 0.29) is 0 Å². The summed E-state index contributed by atoms with van der Waals surface area (Å²) in [5, 5.41) is 17.0. The smallest absolute Gasteiger partial charge is 0.0867 e. The van der Waals surface area contributed by atoms with Crippen molar-refractivity contribution in [1.29, 1.82) is 0 Å². The van der Waals surface area contributed by atoms with Crippen LogP contribution in [0, 0.1) is 0 Å². The minimum atomic E-state index is 0.789. The van der Waals surface area contributed by atoms with Gasteiger partial charge >= 0.3 is 0 Å². The maximum absolute atomic E-state index is 5.47. The van der Waals surface area contributed by atoms with E-state index in [1.54, 1.807) is 12.3 Å². The number of aliphatic imine (C=N–C) groups is 1. The number of nitrogens with one attached hydrogen (secondary N) is 1. The molecule has 2 heterocycles. The fourth-order valence-corrected chi connectivity index (χ4v) is 8.85. The Morgan fingerprint density at radius 1 is 0.536 bits per heavy atom. The van der Waals surface area contributed by atoms with Gasteiger partial charge < -0.3 is 5.32 Å². The molecule has 0 saturated carbocycles. The monoisotopic (exact) mass is 713 g/mol. The Kier molecular flexibility index (Phi) is 7.39. The fraction of sp³-hybridized carbons (Fsp3) is 0.0189. The SMILES string of the molecule is C=C/C=N\c1ccc(-c2ccc3c(ccc4cc(-c5ccc(-c6nc7c8ccccc8c8ccccc8c7c7ccccc67)cc5)ccc43)c2)c2c1NCC=C2. The highest BCUT2D eigenvalue weighted by Gasteiger charge is 2.18. The highest BCUT2D eigenvalue weighted by molar-refractivity contribution is 6.31. The van der Waals surface area contributed by atoms with Crippen molar-refractivity contribution in [3.8, 4) is 33.5 Å². The Morgan fingerprint density at radius 2 is 1.12 bits per heavy atom. The van der Waals surface area contributed by atoms with Crippen molar-refractivity contribution in [3.63, 3.8) is 0 Å². The van der Waals surface area contributed by atoms with Gasteiger partial charge in [-0.05, 0) is 83.5 Å². The lowest BCUT2D eigenvalue weighted by atomic mass is 9.91. The van der Waals surface area contributed by atoms with Gasteiger partial charge in [0.05, 0.1) is 22.6 Å². The summed E-state index contributed by atoms with van der Waals surface area (Å²) in [7, 11) is 0. The second-order valence-electron chi connectivity index (χ2n) is 14.6. The number of benzene rings is 9. The zero-order valence-electron chi connectivity index (χ0n) is 30.6. The molecule has 1 N–H and O–H groups in total. The average molecular weight is 714 g/mol. The van der Waals surface area contributed by atoms with E-state index in [0.717, 1.165) is 45.6 Å². The quantitative estimate of drug-likeness (QED) is 0.142. The van der Waals surface area contributed by atoms with Crippen molar-refractivity contribution >= 4 is 88.4 Å². The van der Waals surface area contributed by atoms with Crippen LogP contribution in [0.15, 0.2) is 181 Å². The second kappa shape index (κ2) is 12.9. The molecule has 0 radical (unpaired) electrons. The van der Waals surface area contributed by atoms with Gasteiger partial charge in [-0.15, -0.1) is 0 Å². The third-order valence-corrected chi connectivity index (χ3v) is 11.4. The third-order valence-electron chi connectivity index (χ3n) is 11.4. The van der Waals surface area contributed by atoms with E-state index in [4.69, 9.17) is 4.98 Å². The maximum atomic E-state index is 5.47. The van der Waals surface area contributed by atoms with Gasteiger partial charge in [0.15, 0.2) is 0 Å². The van der Waals surface area contributed by atoms with Crippen molar-refractivity contribution in [2.24, 2.45) is 4.99 Å². The minimum Gasteiger partial charge on any atom is -0.379 e. The van der Waals surface area contributed by atoms with Crippen LogP contribution in [0.2, 0.25) is 0 Å². The summed E-state index contributed by atoms with van der Waals surface area (Å²) in [6.45, 7) is 4.57. The molecule has 3 nitrogen and oxygen atoms in total. The number of hydrogen-bond acceptors (Lipinski definition) is 3. The normalized spacial score (nSPS) is 12.6. The van der Waals surface area contributed by atoms with Gasteiger partial charge in [-0.25, -0.2) is 4.98 Å². The van der Waals surface area contributed by atoms with Gasteiger partial charge in [-0.2, -0.15) is 0 Å². The first-order chi connectivity index (χ1) is 27.7. The number of anilines is 1. The molecule has 3 heteroatoms. The lowest BCUT2D eigenvalue weighted by molar-refractivity contribution is 1.30. The molecular formula is C53H35N3. The van der Waals surface area contributed by atoms with Gasteiger partial charge in [0.2, 0.25) is 0 Å². The predicted molar refractivity (Wildman–Crippen MR) is 241 cm³/mol. The van der Waals surface area contributed by atoms with Gasteiger partial charge in [-0.3, -0.25) is 4.99 Å². The Morgan fingerprint density at radius 3 is 1.86 bits per heavy atom. The average Bonchev–Trinajstić information content (AvgIpc) is 3.27. The van der Waals surface area contributed by atoms with E-state index >= 15 is 0 Å². The van der Waals surface area contributed by atoms with Crippen LogP contribution in [0.3, 0.4) is 0 Å². The number of hydrogen-bond donors (Lipinski definition) is 1. The van der Waals surface area contributed by atoms with Crippen LogP contribution < -0.4 is 5.32 Å². The van der Waals surface area contributed by atoms with E-state index in [1.165, 1.54) is 76.1 Å². The zero-order chi connectivity index (χ0) is 37.2. The van der Waals surface area contributed by atoms with Gasteiger partial charge in [0.25, 0.3) is 0 Å². The topological polar surface area (TPSA) is 37.3 Å². The summed E-state index contributed by atoms with van der Waals surface area (Å²) in [5.74, 6) is 0. The molecule has 0 unspecified atom stereocenters. The summed E-state index contributed by atoms with van der Waals surface area (Å²) >= 11 is 0. The van der Waals surface area contributed by atoms with Gasteiger partial charge in [0.1, 0.15) is 0 Å². The summed E-state index contributed by atoms with van der Waals surface area (Å²) in [5.41, 5.74) is 11.1. The molecule has 0 atom stereocenters. The molecule has 11 rings (SSSR count). The van der Waals surface area contributed by atoms with Crippen molar-refractivity contribution < 1.29 is 0 Å². The first kappa shape index (κ1) is 32.1. The number of allylic oxidation sites excluding steroid dienone is 1. The number of fused-ring (bicyclic) bond motifs is 12. The van der Waals surface area contributed by atoms with Crippen LogP contribution >= 0.6 is 0 Å². The van der Waals surface area contributed by atoms with E-state index in [2.05, 4.69) is 187 Å². The summed E-state index contributed by atoms with van der Waals surface area (Å²) in [6.07, 6.45) is 7.82. The molecule has 1 aliphatic heterocycles. The van der Waals surface area contributed by atoms with E-state index in [1.807, 2.05) is 0 Å². The van der Waals surface area contributed by atoms with Crippen LogP contribution in [-0.2, 0) is 0 Å². The molecule has 0 saturated heterocycles. The molecule has 56 heavy (non-hydrogen) atoms. The van der Waals surface area contributed by atoms with Crippen molar-refractivity contribution in [1.82, 2.24) is 4.98 Å². The van der Waals surface area contributed by atoms with Crippen molar-refractivity contribution in [2.45, 2.75) is 0 Å². The number of pyridine rings is 1. The van der Waals surface area contributed by atoms with E-state index in [9.17, 15) is 0 Å². The standard InChI is InChI=1S/C53H35N3/c1-2-29-54-49-28-27-41(46-16-9-30-55-52(46)49)38-24-26-40-37(32-38)22-21-36-31-35(23-25-39(36)40)33-17-19-34(20-18-33)51-48-15-8-6-13-45(48)50-44-12-5-3-10-42(44)43-11-4-7-14-47(43)53(50)56-51/h2-29,31-32,55H,1,30H2/b54-29-. The van der Waals surface area contributed by atoms with Crippen LogP contribution in [0.25, 0.3) is 104 Å². The molecule has 0 aliphatic carbocycles. The largest absolute Gasteiger partial charge is 0.379 e. The first-order valence-electron chi connectivity index (χ1n) is 19.2. The molecule has 0 fully saturated rings. The molecule has 1 aromatic heterocycles. The lowest BCUT2D eigenvalue weighted by Crippen LogP contribution is -2.05. The third kappa shape index (κ3) is 5.05. The highest BCUT2D eigenvalue weighted by atomic mass is 14.9. The first-order valence-corrected chi connectivity index (χ1v) is 19.2. The molecule has 9 aromatic carbocycles. The minimum absolute atomic E-state index is 0.789.